The molecule has 0 aromatic carbocycles. The summed E-state index contributed by atoms with van der Waals surface area (Å²) in [7, 11) is 0. The van der Waals surface area contributed by atoms with Gasteiger partial charge in [0.15, 0.2) is 5.76 Å². The van der Waals surface area contributed by atoms with Crippen molar-refractivity contribution >= 4 is 23.9 Å². The Balaban J connectivity index is 2.69. The van der Waals surface area contributed by atoms with Gasteiger partial charge >= 0.3 is 11.9 Å². The van der Waals surface area contributed by atoms with Gasteiger partial charge in [0.1, 0.15) is 4.92 Å². The monoisotopic (exact) mass is 226 g/mol. The molecule has 1 heterocycles. The van der Waals surface area contributed by atoms with Crippen molar-refractivity contribution in [2.75, 3.05) is 0 Å². The number of amides is 2. The van der Waals surface area contributed by atoms with Gasteiger partial charge in [-0.3, -0.25) is 14.9 Å². The second-order valence-corrected chi connectivity index (χ2v) is 2.49. The number of nitro groups is 1. The molecule has 1 aromatic rings. The first-order chi connectivity index (χ1) is 7.50. The van der Waals surface area contributed by atoms with Gasteiger partial charge in [-0.15, -0.1) is 0 Å². The van der Waals surface area contributed by atoms with Crippen molar-refractivity contribution in [2.45, 2.75) is 0 Å². The SMILES string of the molecule is NC(=O)NN=CC(=O)c1ccc([N+](=O)[O-])o1. The minimum atomic E-state index is -0.936. The Morgan fingerprint density at radius 2 is 2.25 bits per heavy atom. The summed E-state index contributed by atoms with van der Waals surface area (Å²) in [6.45, 7) is 0. The fourth-order valence-corrected chi connectivity index (χ4v) is 0.776. The number of urea groups is 1. The molecule has 9 nitrogen and oxygen atoms in total. The van der Waals surface area contributed by atoms with Crippen LogP contribution in [0.3, 0.4) is 0 Å². The van der Waals surface area contributed by atoms with Crippen LogP contribution in [0.5, 0.6) is 0 Å². The van der Waals surface area contributed by atoms with Crippen molar-refractivity contribution in [3.8, 4) is 0 Å². The van der Waals surface area contributed by atoms with E-state index in [-0.39, 0.29) is 5.76 Å². The van der Waals surface area contributed by atoms with Gasteiger partial charge in [-0.1, -0.05) is 0 Å². The van der Waals surface area contributed by atoms with Crippen LogP contribution in [0.1, 0.15) is 10.6 Å². The summed E-state index contributed by atoms with van der Waals surface area (Å²) in [4.78, 5) is 30.8. The first-order valence-electron chi connectivity index (χ1n) is 3.88. The standard InChI is InChI=1S/C7H6N4O5/c8-7(13)10-9-3-4(12)5-1-2-6(16-5)11(14)15/h1-3H,(H3,8,10,13). The highest BCUT2D eigenvalue weighted by atomic mass is 16.6. The predicted octanol–water partition coefficient (Wildman–Crippen LogP) is 0.0246. The van der Waals surface area contributed by atoms with E-state index in [0.29, 0.717) is 6.21 Å². The average molecular weight is 226 g/mol. The number of Topliss-reactive ketones (excluding diaryl/α,β-unsaturated/α-hetero) is 1. The summed E-state index contributed by atoms with van der Waals surface area (Å²) < 4.78 is 4.58. The molecular formula is C7H6N4O5. The van der Waals surface area contributed by atoms with E-state index in [1.165, 1.54) is 0 Å². The highest BCUT2D eigenvalue weighted by Crippen LogP contribution is 2.15. The lowest BCUT2D eigenvalue weighted by molar-refractivity contribution is -0.402. The molecule has 0 atom stereocenters. The number of primary amides is 1. The third kappa shape index (κ3) is 2.90. The molecule has 84 valence electrons. The molecule has 1 rings (SSSR count). The maximum Gasteiger partial charge on any atom is 0.433 e. The summed E-state index contributed by atoms with van der Waals surface area (Å²) in [6.07, 6.45) is 0.716. The molecule has 0 aliphatic rings. The van der Waals surface area contributed by atoms with E-state index in [9.17, 15) is 19.7 Å². The lowest BCUT2D eigenvalue weighted by atomic mass is 10.3. The van der Waals surface area contributed by atoms with E-state index in [0.717, 1.165) is 12.1 Å². The van der Waals surface area contributed by atoms with Crippen molar-refractivity contribution in [3.63, 3.8) is 0 Å². The number of nitrogens with two attached hydrogens (primary N) is 1. The smallest absolute Gasteiger partial charge is 0.397 e. The molecule has 0 aliphatic carbocycles. The number of hydrogen-bond donors (Lipinski definition) is 2. The lowest BCUT2D eigenvalue weighted by Gasteiger charge is -1.89. The average Bonchev–Trinajstić information content (AvgIpc) is 2.65. The fraction of sp³-hybridized carbons (Fsp3) is 0. The van der Waals surface area contributed by atoms with Crippen LogP contribution in [0.25, 0.3) is 0 Å². The molecular weight excluding hydrogens is 220 g/mol. The van der Waals surface area contributed by atoms with Crippen molar-refractivity contribution < 1.29 is 18.9 Å². The van der Waals surface area contributed by atoms with Crippen molar-refractivity contribution in [2.24, 2.45) is 10.8 Å². The molecule has 2 amide bonds. The van der Waals surface area contributed by atoms with Crippen molar-refractivity contribution in [3.05, 3.63) is 28.0 Å². The van der Waals surface area contributed by atoms with E-state index in [4.69, 9.17) is 0 Å². The zero-order valence-corrected chi connectivity index (χ0v) is 7.75. The first-order valence-corrected chi connectivity index (χ1v) is 3.88. The topological polar surface area (TPSA) is 141 Å². The number of rotatable bonds is 4. The molecule has 0 spiro atoms. The number of ketones is 1. The zero-order chi connectivity index (χ0) is 12.1. The number of nitrogens with one attached hydrogen (secondary N) is 1. The number of hydrazone groups is 1. The van der Waals surface area contributed by atoms with Crippen LogP contribution in [0, 0.1) is 10.1 Å². The summed E-state index contributed by atoms with van der Waals surface area (Å²) in [5.41, 5.74) is 6.46. The van der Waals surface area contributed by atoms with Crippen LogP contribution >= 0.6 is 0 Å². The van der Waals surface area contributed by atoms with Gasteiger partial charge < -0.3 is 10.2 Å². The van der Waals surface area contributed by atoms with Crippen LogP contribution in [0.2, 0.25) is 0 Å². The maximum absolute atomic E-state index is 11.2. The van der Waals surface area contributed by atoms with Gasteiger partial charge in [0.25, 0.3) is 0 Å². The van der Waals surface area contributed by atoms with Crippen LogP contribution < -0.4 is 11.2 Å². The summed E-state index contributed by atoms with van der Waals surface area (Å²) in [5.74, 6) is -1.55. The molecule has 0 unspecified atom stereocenters. The highest BCUT2D eigenvalue weighted by molar-refractivity contribution is 6.34. The molecule has 0 fully saturated rings. The molecule has 0 aliphatic heterocycles. The van der Waals surface area contributed by atoms with Crippen LogP contribution in [-0.4, -0.2) is 23.0 Å². The molecule has 0 radical (unpaired) electrons. The Hall–Kier alpha value is -2.71. The van der Waals surface area contributed by atoms with Gasteiger partial charge in [-0.2, -0.15) is 5.10 Å². The lowest BCUT2D eigenvalue weighted by Crippen LogP contribution is -2.24. The number of nitrogens with zero attached hydrogens (tertiary/aromatic N) is 2. The Bertz CT molecular complexity index is 463. The molecule has 1 aromatic heterocycles. The Morgan fingerprint density at radius 3 is 2.75 bits per heavy atom. The van der Waals surface area contributed by atoms with E-state index >= 15 is 0 Å². The Kier molecular flexibility index (Phi) is 3.33. The molecule has 9 heteroatoms. The van der Waals surface area contributed by atoms with Crippen LogP contribution in [0.4, 0.5) is 10.7 Å². The van der Waals surface area contributed by atoms with Crippen LogP contribution in [0.15, 0.2) is 21.7 Å². The minimum Gasteiger partial charge on any atom is -0.397 e. The summed E-state index contributed by atoms with van der Waals surface area (Å²) in [6, 6.07) is 1.22. The second kappa shape index (κ2) is 4.68. The quantitative estimate of drug-likeness (QED) is 0.322. The predicted molar refractivity (Wildman–Crippen MR) is 50.9 cm³/mol. The van der Waals surface area contributed by atoms with E-state index in [1.54, 1.807) is 5.43 Å². The normalized spacial score (nSPS) is 10.2. The third-order valence-corrected chi connectivity index (χ3v) is 1.37. The summed E-state index contributed by atoms with van der Waals surface area (Å²) >= 11 is 0. The summed E-state index contributed by atoms with van der Waals surface area (Å²) in [5, 5.41) is 13.4. The minimum absolute atomic E-state index is 0.262. The van der Waals surface area contributed by atoms with E-state index in [1.807, 2.05) is 0 Å². The van der Waals surface area contributed by atoms with Gasteiger partial charge in [0, 0.05) is 0 Å². The second-order valence-electron chi connectivity index (χ2n) is 2.49. The number of carbonyl (C=O) groups excluding carboxylic acids is 2. The molecule has 0 bridgehead atoms. The Morgan fingerprint density at radius 1 is 1.56 bits per heavy atom. The van der Waals surface area contributed by atoms with Crippen molar-refractivity contribution in [1.29, 1.82) is 0 Å². The van der Waals surface area contributed by atoms with E-state index < -0.39 is 22.6 Å². The maximum atomic E-state index is 11.2. The van der Waals surface area contributed by atoms with Crippen LogP contribution in [-0.2, 0) is 0 Å². The van der Waals surface area contributed by atoms with Gasteiger partial charge in [-0.05, 0) is 6.07 Å². The number of hydrogen-bond acceptors (Lipinski definition) is 6. The van der Waals surface area contributed by atoms with Gasteiger partial charge in [0.2, 0.25) is 5.78 Å². The molecule has 3 N–H and O–H groups in total. The largest absolute Gasteiger partial charge is 0.433 e. The van der Waals surface area contributed by atoms with Gasteiger partial charge in [-0.25, -0.2) is 10.2 Å². The molecule has 0 saturated carbocycles. The number of furan rings is 1. The van der Waals surface area contributed by atoms with Crippen molar-refractivity contribution in [1.82, 2.24) is 5.43 Å². The molecule has 0 saturated heterocycles. The highest BCUT2D eigenvalue weighted by Gasteiger charge is 2.15. The molecule has 16 heavy (non-hydrogen) atoms. The number of carbonyl (C=O) groups is 2. The third-order valence-electron chi connectivity index (χ3n) is 1.37. The first kappa shape index (κ1) is 11.4. The fourth-order valence-electron chi connectivity index (χ4n) is 0.776. The van der Waals surface area contributed by atoms with E-state index in [2.05, 4.69) is 15.3 Å². The Labute approximate surface area is 88.1 Å². The zero-order valence-electron chi connectivity index (χ0n) is 7.75. The van der Waals surface area contributed by atoms with Gasteiger partial charge in [0.05, 0.1) is 12.3 Å².